The van der Waals surface area contributed by atoms with Crippen molar-refractivity contribution >= 4 is 28.8 Å². The van der Waals surface area contributed by atoms with Crippen LogP contribution in [0.15, 0.2) is 41.8 Å². The van der Waals surface area contributed by atoms with Gasteiger partial charge in [-0.15, -0.1) is 11.3 Å². The largest absolute Gasteiger partial charge is 0.354 e. The highest BCUT2D eigenvalue weighted by Gasteiger charge is 2.25. The molecule has 1 aromatic heterocycles. The average molecular weight is 377 g/mol. The molecule has 0 bridgehead atoms. The SMILES string of the molecule is O=C(CCCc1cccs1)NCC(c1ccccc1Cl)N1CCCC1. The molecule has 2 heterocycles. The first-order valence-corrected chi connectivity index (χ1v) is 10.3. The van der Waals surface area contributed by atoms with Crippen LogP contribution in [-0.4, -0.2) is 30.4 Å². The van der Waals surface area contributed by atoms with Crippen molar-refractivity contribution in [1.29, 1.82) is 0 Å². The van der Waals surface area contributed by atoms with Gasteiger partial charge in [-0.3, -0.25) is 9.69 Å². The van der Waals surface area contributed by atoms with E-state index in [1.54, 1.807) is 11.3 Å². The predicted molar refractivity (Wildman–Crippen MR) is 105 cm³/mol. The monoisotopic (exact) mass is 376 g/mol. The first-order valence-electron chi connectivity index (χ1n) is 9.01. The molecule has 3 nitrogen and oxygen atoms in total. The number of nitrogens with one attached hydrogen (secondary N) is 1. The van der Waals surface area contributed by atoms with E-state index in [4.69, 9.17) is 11.6 Å². The fraction of sp³-hybridized carbons (Fsp3) is 0.450. The summed E-state index contributed by atoms with van der Waals surface area (Å²) in [7, 11) is 0. The van der Waals surface area contributed by atoms with Crippen molar-refractivity contribution in [2.24, 2.45) is 0 Å². The van der Waals surface area contributed by atoms with Gasteiger partial charge in [0.25, 0.3) is 0 Å². The molecule has 1 saturated heterocycles. The normalized spacial score (nSPS) is 16.0. The Kier molecular flexibility index (Phi) is 6.91. The lowest BCUT2D eigenvalue weighted by Gasteiger charge is -2.29. The Labute approximate surface area is 159 Å². The van der Waals surface area contributed by atoms with Gasteiger partial charge in [-0.2, -0.15) is 0 Å². The quantitative estimate of drug-likeness (QED) is 0.725. The molecule has 5 heteroatoms. The molecule has 0 saturated carbocycles. The molecule has 1 fully saturated rings. The Morgan fingerprint density at radius 3 is 2.72 bits per heavy atom. The summed E-state index contributed by atoms with van der Waals surface area (Å²) in [6.45, 7) is 2.77. The standard InChI is InChI=1S/C20H25ClN2OS/c21-18-10-2-1-9-17(18)19(23-12-3-4-13-23)15-22-20(24)11-5-7-16-8-6-14-25-16/h1-2,6,8-10,14,19H,3-5,7,11-13,15H2,(H,22,24). The van der Waals surface area contributed by atoms with Crippen LogP contribution in [0.1, 0.15) is 42.2 Å². The van der Waals surface area contributed by atoms with Crippen LogP contribution >= 0.6 is 22.9 Å². The highest BCUT2D eigenvalue weighted by Crippen LogP contribution is 2.29. The van der Waals surface area contributed by atoms with E-state index >= 15 is 0 Å². The van der Waals surface area contributed by atoms with Gasteiger partial charge in [-0.25, -0.2) is 0 Å². The Morgan fingerprint density at radius 1 is 1.20 bits per heavy atom. The third-order valence-corrected chi connectivity index (χ3v) is 6.03. The number of likely N-dealkylation sites (tertiary alicyclic amines) is 1. The predicted octanol–water partition coefficient (Wildman–Crippen LogP) is 4.68. The minimum Gasteiger partial charge on any atom is -0.354 e. The summed E-state index contributed by atoms with van der Waals surface area (Å²) >= 11 is 8.17. The molecule has 134 valence electrons. The summed E-state index contributed by atoms with van der Waals surface area (Å²) in [6, 6.07) is 12.3. The van der Waals surface area contributed by atoms with E-state index < -0.39 is 0 Å². The van der Waals surface area contributed by atoms with Gasteiger partial charge in [0, 0.05) is 22.9 Å². The van der Waals surface area contributed by atoms with Gasteiger partial charge in [0.1, 0.15) is 0 Å². The molecule has 2 aromatic rings. The fourth-order valence-corrected chi connectivity index (χ4v) is 4.42. The van der Waals surface area contributed by atoms with Gasteiger partial charge in [0.2, 0.25) is 5.91 Å². The number of hydrogen-bond acceptors (Lipinski definition) is 3. The van der Waals surface area contributed by atoms with Crippen molar-refractivity contribution in [3.63, 3.8) is 0 Å². The number of amides is 1. The Balaban J connectivity index is 1.53. The molecule has 1 aromatic carbocycles. The molecule has 1 unspecified atom stereocenters. The molecule has 0 spiro atoms. The zero-order valence-electron chi connectivity index (χ0n) is 14.4. The number of aryl methyl sites for hydroxylation is 1. The zero-order chi connectivity index (χ0) is 17.5. The van der Waals surface area contributed by atoms with Crippen LogP contribution in [0.4, 0.5) is 0 Å². The van der Waals surface area contributed by atoms with Crippen LogP contribution in [0.5, 0.6) is 0 Å². The lowest BCUT2D eigenvalue weighted by molar-refractivity contribution is -0.121. The first-order chi connectivity index (χ1) is 12.2. The third kappa shape index (κ3) is 5.30. The molecule has 0 aliphatic carbocycles. The highest BCUT2D eigenvalue weighted by molar-refractivity contribution is 7.09. The number of hydrogen-bond donors (Lipinski definition) is 1. The minimum absolute atomic E-state index is 0.132. The van der Waals surface area contributed by atoms with E-state index in [-0.39, 0.29) is 11.9 Å². The lowest BCUT2D eigenvalue weighted by atomic mass is 10.1. The van der Waals surface area contributed by atoms with Crippen LogP contribution in [-0.2, 0) is 11.2 Å². The second-order valence-electron chi connectivity index (χ2n) is 6.52. The second-order valence-corrected chi connectivity index (χ2v) is 7.96. The van der Waals surface area contributed by atoms with E-state index in [0.29, 0.717) is 13.0 Å². The van der Waals surface area contributed by atoms with Crippen LogP contribution in [0.3, 0.4) is 0 Å². The van der Waals surface area contributed by atoms with Crippen molar-refractivity contribution in [3.05, 3.63) is 57.2 Å². The van der Waals surface area contributed by atoms with Crippen LogP contribution in [0.25, 0.3) is 0 Å². The lowest BCUT2D eigenvalue weighted by Crippen LogP contribution is -2.36. The number of halogens is 1. The van der Waals surface area contributed by atoms with Crippen LogP contribution < -0.4 is 5.32 Å². The van der Waals surface area contributed by atoms with Gasteiger partial charge in [0.15, 0.2) is 0 Å². The average Bonchev–Trinajstić information content (AvgIpc) is 3.30. The summed E-state index contributed by atoms with van der Waals surface area (Å²) in [5, 5.41) is 6.00. The maximum atomic E-state index is 12.2. The second kappa shape index (κ2) is 9.37. The summed E-state index contributed by atoms with van der Waals surface area (Å²) in [6.07, 6.45) is 4.89. The number of nitrogens with zero attached hydrogens (tertiary/aromatic N) is 1. The Morgan fingerprint density at radius 2 is 2.00 bits per heavy atom. The Hall–Kier alpha value is -1.36. The van der Waals surface area contributed by atoms with Crippen molar-refractivity contribution in [2.45, 2.75) is 38.1 Å². The van der Waals surface area contributed by atoms with Crippen molar-refractivity contribution < 1.29 is 4.79 Å². The summed E-state index contributed by atoms with van der Waals surface area (Å²) in [5.41, 5.74) is 1.12. The van der Waals surface area contributed by atoms with Gasteiger partial charge >= 0.3 is 0 Å². The number of rotatable bonds is 8. The molecular formula is C20H25ClN2OS. The maximum Gasteiger partial charge on any atom is 0.220 e. The molecule has 0 radical (unpaired) electrons. The van der Waals surface area contributed by atoms with E-state index in [1.165, 1.54) is 17.7 Å². The summed E-state index contributed by atoms with van der Waals surface area (Å²) < 4.78 is 0. The molecule has 1 aliphatic rings. The molecule has 1 aliphatic heterocycles. The molecule has 1 amide bonds. The first kappa shape index (κ1) is 18.4. The van der Waals surface area contributed by atoms with E-state index in [9.17, 15) is 4.79 Å². The molecular weight excluding hydrogens is 352 g/mol. The summed E-state index contributed by atoms with van der Waals surface area (Å²) in [5.74, 6) is 0.132. The topological polar surface area (TPSA) is 32.3 Å². The van der Waals surface area contributed by atoms with Crippen molar-refractivity contribution in [2.75, 3.05) is 19.6 Å². The highest BCUT2D eigenvalue weighted by atomic mass is 35.5. The fourth-order valence-electron chi connectivity index (χ4n) is 3.41. The smallest absolute Gasteiger partial charge is 0.220 e. The summed E-state index contributed by atoms with van der Waals surface area (Å²) in [4.78, 5) is 16.0. The number of carbonyl (C=O) groups is 1. The van der Waals surface area contributed by atoms with E-state index in [1.807, 2.05) is 18.2 Å². The van der Waals surface area contributed by atoms with Gasteiger partial charge in [0.05, 0.1) is 6.04 Å². The zero-order valence-corrected chi connectivity index (χ0v) is 16.0. The van der Waals surface area contributed by atoms with Crippen LogP contribution in [0.2, 0.25) is 5.02 Å². The van der Waals surface area contributed by atoms with Crippen LogP contribution in [0, 0.1) is 0 Å². The number of carbonyl (C=O) groups excluding carboxylic acids is 1. The third-order valence-electron chi connectivity index (χ3n) is 4.75. The van der Waals surface area contributed by atoms with Crippen molar-refractivity contribution in [3.8, 4) is 0 Å². The molecule has 3 rings (SSSR count). The molecule has 1 atom stereocenters. The number of benzene rings is 1. The van der Waals surface area contributed by atoms with E-state index in [0.717, 1.165) is 36.5 Å². The van der Waals surface area contributed by atoms with Crippen molar-refractivity contribution in [1.82, 2.24) is 10.2 Å². The number of thiophene rings is 1. The Bertz CT molecular complexity index is 668. The van der Waals surface area contributed by atoms with Gasteiger partial charge in [-0.05, 0) is 61.8 Å². The van der Waals surface area contributed by atoms with Gasteiger partial charge < -0.3 is 5.32 Å². The molecule has 25 heavy (non-hydrogen) atoms. The molecule has 1 N–H and O–H groups in total. The van der Waals surface area contributed by atoms with E-state index in [2.05, 4.69) is 33.8 Å². The maximum absolute atomic E-state index is 12.2. The minimum atomic E-state index is 0.132. The van der Waals surface area contributed by atoms with Gasteiger partial charge in [-0.1, -0.05) is 35.9 Å².